The third-order valence-corrected chi connectivity index (χ3v) is 6.32. The number of rotatable bonds is 8. The number of likely N-dealkylation sites (N-methyl/N-ethyl adjacent to an activating group) is 2. The van der Waals surface area contributed by atoms with Crippen LogP contribution in [0.4, 0.5) is 0 Å². The van der Waals surface area contributed by atoms with Crippen molar-refractivity contribution in [3.05, 3.63) is 0 Å². The smallest absolute Gasteiger partial charge is 0.0252 e. The van der Waals surface area contributed by atoms with Crippen LogP contribution in [-0.4, -0.2) is 37.1 Å². The van der Waals surface area contributed by atoms with E-state index in [1.165, 1.54) is 45.2 Å². The molecule has 4 atom stereocenters. The van der Waals surface area contributed by atoms with E-state index in [0.29, 0.717) is 11.5 Å². The van der Waals surface area contributed by atoms with Crippen molar-refractivity contribution in [2.75, 3.05) is 20.1 Å². The Hall–Kier alpha value is -0.0800. The first-order chi connectivity index (χ1) is 9.89. The molecular formula is C19H40N2. The molecule has 4 unspecified atom stereocenters. The minimum absolute atomic E-state index is 0.493. The first-order valence-corrected chi connectivity index (χ1v) is 9.30. The van der Waals surface area contributed by atoms with Gasteiger partial charge in [0.25, 0.3) is 0 Å². The maximum Gasteiger partial charge on any atom is 0.0252 e. The lowest BCUT2D eigenvalue weighted by molar-refractivity contribution is 0.0472. The van der Waals surface area contributed by atoms with Gasteiger partial charge < -0.3 is 5.32 Å². The van der Waals surface area contributed by atoms with Crippen molar-refractivity contribution in [2.45, 2.75) is 85.7 Å². The van der Waals surface area contributed by atoms with E-state index in [0.717, 1.165) is 17.9 Å². The third-order valence-electron chi connectivity index (χ3n) is 6.32. The molecule has 1 saturated carbocycles. The average molecular weight is 297 g/mol. The molecule has 0 bridgehead atoms. The highest BCUT2D eigenvalue weighted by atomic mass is 15.2. The monoisotopic (exact) mass is 296 g/mol. The molecule has 2 nitrogen and oxygen atoms in total. The first-order valence-electron chi connectivity index (χ1n) is 9.30. The zero-order valence-corrected chi connectivity index (χ0v) is 15.7. The summed E-state index contributed by atoms with van der Waals surface area (Å²) in [5.41, 5.74) is 0.493. The Kier molecular flexibility index (Phi) is 7.70. The highest BCUT2D eigenvalue weighted by molar-refractivity contribution is 4.94. The molecule has 2 heteroatoms. The van der Waals surface area contributed by atoms with Crippen LogP contribution in [0.15, 0.2) is 0 Å². The van der Waals surface area contributed by atoms with Crippen molar-refractivity contribution in [3.8, 4) is 0 Å². The molecule has 0 heterocycles. The normalized spacial score (nSPS) is 28.9. The average Bonchev–Trinajstić information content (AvgIpc) is 2.51. The number of hydrogen-bond acceptors (Lipinski definition) is 2. The molecular weight excluding hydrogens is 256 g/mol. The quantitative estimate of drug-likeness (QED) is 0.707. The van der Waals surface area contributed by atoms with Crippen LogP contribution >= 0.6 is 0 Å². The van der Waals surface area contributed by atoms with Gasteiger partial charge in [-0.15, -0.1) is 0 Å². The Morgan fingerprint density at radius 1 is 1.19 bits per heavy atom. The first kappa shape index (κ1) is 19.0. The van der Waals surface area contributed by atoms with Crippen LogP contribution in [0.1, 0.15) is 73.6 Å². The molecule has 0 amide bonds. The summed E-state index contributed by atoms with van der Waals surface area (Å²) in [6.45, 7) is 16.8. The Balaban J connectivity index is 2.81. The van der Waals surface area contributed by atoms with Crippen LogP contribution in [0, 0.1) is 17.3 Å². The molecule has 1 aliphatic rings. The minimum Gasteiger partial charge on any atom is -0.315 e. The van der Waals surface area contributed by atoms with Gasteiger partial charge in [-0.1, -0.05) is 54.4 Å². The molecule has 0 radical (unpaired) electrons. The number of nitrogens with one attached hydrogen (secondary N) is 1. The summed E-state index contributed by atoms with van der Waals surface area (Å²) in [6.07, 6.45) is 6.69. The second-order valence-electron chi connectivity index (χ2n) is 7.92. The Labute approximate surface area is 134 Å². The van der Waals surface area contributed by atoms with E-state index in [1.54, 1.807) is 0 Å². The predicted octanol–water partition coefficient (Wildman–Crippen LogP) is 4.55. The molecule has 1 N–H and O–H groups in total. The van der Waals surface area contributed by atoms with Crippen LogP contribution in [0.3, 0.4) is 0 Å². The molecule has 126 valence electrons. The third kappa shape index (κ3) is 4.96. The summed E-state index contributed by atoms with van der Waals surface area (Å²) in [5.74, 6) is 1.69. The molecule has 0 aromatic rings. The van der Waals surface area contributed by atoms with Gasteiger partial charge in [-0.25, -0.2) is 0 Å². The van der Waals surface area contributed by atoms with E-state index < -0.39 is 0 Å². The van der Waals surface area contributed by atoms with Crippen molar-refractivity contribution in [1.29, 1.82) is 0 Å². The van der Waals surface area contributed by atoms with E-state index in [9.17, 15) is 0 Å². The van der Waals surface area contributed by atoms with Crippen LogP contribution in [0.2, 0.25) is 0 Å². The van der Waals surface area contributed by atoms with Gasteiger partial charge in [0.15, 0.2) is 0 Å². The fourth-order valence-electron chi connectivity index (χ4n) is 3.91. The Morgan fingerprint density at radius 3 is 2.33 bits per heavy atom. The highest BCUT2D eigenvalue weighted by Crippen LogP contribution is 2.41. The van der Waals surface area contributed by atoms with Crippen molar-refractivity contribution >= 4 is 0 Å². The van der Waals surface area contributed by atoms with Gasteiger partial charge in [0.2, 0.25) is 0 Å². The summed E-state index contributed by atoms with van der Waals surface area (Å²) < 4.78 is 0. The maximum atomic E-state index is 3.61. The molecule has 0 aromatic heterocycles. The van der Waals surface area contributed by atoms with Crippen molar-refractivity contribution in [3.63, 3.8) is 0 Å². The standard InChI is InChI=1S/C19H40N2/c1-8-15(4)14-21(10-3)18-13-16(19(5,6)9-2)11-12-17(18)20-7/h15-18,20H,8-14H2,1-7H3. The maximum absolute atomic E-state index is 3.61. The zero-order chi connectivity index (χ0) is 16.0. The summed E-state index contributed by atoms with van der Waals surface area (Å²) in [4.78, 5) is 2.76. The molecule has 1 aliphatic carbocycles. The molecule has 0 spiro atoms. The van der Waals surface area contributed by atoms with E-state index >= 15 is 0 Å². The fourth-order valence-corrected chi connectivity index (χ4v) is 3.91. The Bertz CT molecular complexity index is 287. The topological polar surface area (TPSA) is 15.3 Å². The lowest BCUT2D eigenvalue weighted by Gasteiger charge is -2.47. The van der Waals surface area contributed by atoms with Gasteiger partial charge in [0.1, 0.15) is 0 Å². The minimum atomic E-state index is 0.493. The molecule has 0 aromatic carbocycles. The van der Waals surface area contributed by atoms with Crippen molar-refractivity contribution < 1.29 is 0 Å². The number of hydrogen-bond donors (Lipinski definition) is 1. The summed E-state index contributed by atoms with van der Waals surface area (Å²) in [6, 6.07) is 1.40. The molecule has 1 fully saturated rings. The van der Waals surface area contributed by atoms with Crippen LogP contribution < -0.4 is 5.32 Å². The van der Waals surface area contributed by atoms with Crippen molar-refractivity contribution in [2.24, 2.45) is 17.3 Å². The lowest BCUT2D eigenvalue weighted by Crippen LogP contribution is -2.54. The second-order valence-corrected chi connectivity index (χ2v) is 7.92. The van der Waals surface area contributed by atoms with Crippen LogP contribution in [0.25, 0.3) is 0 Å². The van der Waals surface area contributed by atoms with E-state index in [4.69, 9.17) is 0 Å². The zero-order valence-electron chi connectivity index (χ0n) is 15.7. The van der Waals surface area contributed by atoms with E-state index in [-0.39, 0.29) is 0 Å². The largest absolute Gasteiger partial charge is 0.315 e. The van der Waals surface area contributed by atoms with Gasteiger partial charge >= 0.3 is 0 Å². The SMILES string of the molecule is CCC(C)CN(CC)C1CC(C(C)(C)CC)CCC1NC. The van der Waals surface area contributed by atoms with Gasteiger partial charge in [-0.05, 0) is 50.1 Å². The van der Waals surface area contributed by atoms with E-state index in [2.05, 4.69) is 58.8 Å². The molecule has 0 aliphatic heterocycles. The van der Waals surface area contributed by atoms with Gasteiger partial charge in [-0.2, -0.15) is 0 Å². The van der Waals surface area contributed by atoms with Crippen LogP contribution in [-0.2, 0) is 0 Å². The second kappa shape index (κ2) is 8.53. The predicted molar refractivity (Wildman–Crippen MR) is 94.8 cm³/mol. The Morgan fingerprint density at radius 2 is 1.86 bits per heavy atom. The van der Waals surface area contributed by atoms with Gasteiger partial charge in [-0.3, -0.25) is 4.90 Å². The lowest BCUT2D eigenvalue weighted by atomic mass is 9.67. The molecule has 0 saturated heterocycles. The fraction of sp³-hybridized carbons (Fsp3) is 1.00. The van der Waals surface area contributed by atoms with Gasteiger partial charge in [0, 0.05) is 18.6 Å². The summed E-state index contributed by atoms with van der Waals surface area (Å²) >= 11 is 0. The van der Waals surface area contributed by atoms with E-state index in [1.807, 2.05) is 0 Å². The van der Waals surface area contributed by atoms with Crippen molar-refractivity contribution in [1.82, 2.24) is 10.2 Å². The summed E-state index contributed by atoms with van der Waals surface area (Å²) in [5, 5.41) is 3.61. The highest BCUT2D eigenvalue weighted by Gasteiger charge is 2.38. The number of nitrogens with zero attached hydrogens (tertiary/aromatic N) is 1. The van der Waals surface area contributed by atoms with Crippen LogP contribution in [0.5, 0.6) is 0 Å². The molecule has 21 heavy (non-hydrogen) atoms. The van der Waals surface area contributed by atoms with Gasteiger partial charge in [0.05, 0.1) is 0 Å². The summed E-state index contributed by atoms with van der Waals surface area (Å²) in [7, 11) is 2.15. The molecule has 1 rings (SSSR count).